The molecule has 31 heavy (non-hydrogen) atoms. The number of nitrogens with two attached hydrogens (primary N) is 2. The topological polar surface area (TPSA) is 110 Å². The fraction of sp³-hybridized carbons (Fsp3) is 0.280. The zero-order valence-corrected chi connectivity index (χ0v) is 17.6. The van der Waals surface area contributed by atoms with Crippen molar-refractivity contribution in [3.63, 3.8) is 0 Å². The Morgan fingerprint density at radius 2 is 1.55 bits per heavy atom. The molecule has 2 atom stereocenters. The number of amides is 2. The Bertz CT molecular complexity index is 1010. The summed E-state index contributed by atoms with van der Waals surface area (Å²) in [5.74, 6) is -0.592. The van der Waals surface area contributed by atoms with Crippen LogP contribution in [0.4, 0.5) is 5.69 Å². The van der Waals surface area contributed by atoms with E-state index in [1.807, 2.05) is 72.8 Å². The molecule has 0 unspecified atom stereocenters. The number of carbonyl (C=O) groups excluding carboxylic acids is 2. The minimum Gasteiger partial charge on any atom is -0.343 e. The van der Waals surface area contributed by atoms with Gasteiger partial charge < -0.3 is 22.1 Å². The van der Waals surface area contributed by atoms with Gasteiger partial charge in [0.1, 0.15) is 6.04 Å². The van der Waals surface area contributed by atoms with Crippen molar-refractivity contribution < 1.29 is 9.59 Å². The molecule has 0 aromatic heterocycles. The summed E-state index contributed by atoms with van der Waals surface area (Å²) in [5, 5.41) is 7.91. The summed E-state index contributed by atoms with van der Waals surface area (Å²) >= 11 is 0. The van der Waals surface area contributed by atoms with Crippen LogP contribution in [0.15, 0.2) is 72.8 Å². The van der Waals surface area contributed by atoms with Crippen LogP contribution in [0.5, 0.6) is 0 Å². The van der Waals surface area contributed by atoms with Crippen LogP contribution < -0.4 is 22.1 Å². The molecule has 0 fully saturated rings. The number of carbonyl (C=O) groups is 2. The van der Waals surface area contributed by atoms with Crippen molar-refractivity contribution in [2.45, 2.75) is 37.8 Å². The van der Waals surface area contributed by atoms with Crippen LogP contribution in [-0.4, -0.2) is 30.4 Å². The molecule has 0 aliphatic rings. The molecule has 3 aromatic rings. The molecule has 0 heterocycles. The van der Waals surface area contributed by atoms with Crippen molar-refractivity contribution >= 4 is 28.3 Å². The summed E-state index contributed by atoms with van der Waals surface area (Å²) in [6, 6.07) is 22.2. The van der Waals surface area contributed by atoms with Crippen LogP contribution in [0.2, 0.25) is 0 Å². The van der Waals surface area contributed by atoms with Gasteiger partial charge in [-0.2, -0.15) is 0 Å². The summed E-state index contributed by atoms with van der Waals surface area (Å²) in [4.78, 5) is 25.6. The van der Waals surface area contributed by atoms with Crippen LogP contribution in [-0.2, 0) is 16.0 Å². The maximum atomic E-state index is 13.1. The van der Waals surface area contributed by atoms with Crippen molar-refractivity contribution in [3.8, 4) is 0 Å². The Hall–Kier alpha value is -3.22. The third-order valence-corrected chi connectivity index (χ3v) is 5.27. The normalized spacial score (nSPS) is 12.8. The third kappa shape index (κ3) is 6.64. The largest absolute Gasteiger partial charge is 0.343 e. The molecule has 3 aromatic carbocycles. The molecule has 6 N–H and O–H groups in total. The third-order valence-electron chi connectivity index (χ3n) is 5.27. The number of hydrogen-bond donors (Lipinski definition) is 4. The van der Waals surface area contributed by atoms with Gasteiger partial charge in [0.25, 0.3) is 0 Å². The Kier molecular flexibility index (Phi) is 8.15. The van der Waals surface area contributed by atoms with Gasteiger partial charge in [0, 0.05) is 5.69 Å². The van der Waals surface area contributed by atoms with E-state index in [0.717, 1.165) is 16.3 Å². The van der Waals surface area contributed by atoms with E-state index in [9.17, 15) is 9.59 Å². The van der Waals surface area contributed by atoms with Gasteiger partial charge >= 0.3 is 0 Å². The first-order valence-corrected chi connectivity index (χ1v) is 10.7. The van der Waals surface area contributed by atoms with Crippen LogP contribution in [0.3, 0.4) is 0 Å². The lowest BCUT2D eigenvalue weighted by Gasteiger charge is -2.21. The van der Waals surface area contributed by atoms with Crippen molar-refractivity contribution in [1.29, 1.82) is 0 Å². The highest BCUT2D eigenvalue weighted by atomic mass is 16.2. The van der Waals surface area contributed by atoms with Crippen molar-refractivity contribution in [1.82, 2.24) is 5.32 Å². The van der Waals surface area contributed by atoms with Crippen molar-refractivity contribution in [2.75, 3.05) is 11.9 Å². The Labute approximate surface area is 183 Å². The number of aryl methyl sites for hydroxylation is 1. The summed E-state index contributed by atoms with van der Waals surface area (Å²) < 4.78 is 0. The van der Waals surface area contributed by atoms with Gasteiger partial charge in [-0.3, -0.25) is 9.59 Å². The molecule has 6 heteroatoms. The predicted octanol–water partition coefficient (Wildman–Crippen LogP) is 2.96. The van der Waals surface area contributed by atoms with Gasteiger partial charge in [0.05, 0.1) is 6.04 Å². The molecule has 6 nitrogen and oxygen atoms in total. The SMILES string of the molecule is NCCC[C@H](N)C(=O)N[C@H](CCc1ccccc1)C(=O)Nc1ccc2ccccc2c1. The van der Waals surface area contributed by atoms with Crippen LogP contribution in [0.1, 0.15) is 24.8 Å². The van der Waals surface area contributed by atoms with Crippen LogP contribution in [0.25, 0.3) is 10.8 Å². The molecule has 2 amide bonds. The van der Waals surface area contributed by atoms with E-state index in [1.54, 1.807) is 0 Å². The van der Waals surface area contributed by atoms with Gasteiger partial charge in [-0.1, -0.05) is 60.7 Å². The van der Waals surface area contributed by atoms with E-state index in [0.29, 0.717) is 37.9 Å². The molecule has 3 rings (SSSR count). The van der Waals surface area contributed by atoms with Gasteiger partial charge in [0.2, 0.25) is 11.8 Å². The van der Waals surface area contributed by atoms with E-state index in [4.69, 9.17) is 11.5 Å². The first-order chi connectivity index (χ1) is 15.1. The van der Waals surface area contributed by atoms with E-state index in [1.165, 1.54) is 0 Å². The van der Waals surface area contributed by atoms with E-state index in [-0.39, 0.29) is 11.8 Å². The Morgan fingerprint density at radius 3 is 2.29 bits per heavy atom. The number of anilines is 1. The summed E-state index contributed by atoms with van der Waals surface area (Å²) in [6.07, 6.45) is 2.28. The zero-order chi connectivity index (χ0) is 22.1. The lowest BCUT2D eigenvalue weighted by atomic mass is 10.0. The minimum absolute atomic E-state index is 0.259. The average Bonchev–Trinajstić information content (AvgIpc) is 2.80. The van der Waals surface area contributed by atoms with Gasteiger partial charge in [-0.05, 0) is 60.7 Å². The second-order valence-electron chi connectivity index (χ2n) is 7.67. The molecule has 0 radical (unpaired) electrons. The molecule has 0 spiro atoms. The number of fused-ring (bicyclic) bond motifs is 1. The maximum Gasteiger partial charge on any atom is 0.246 e. The van der Waals surface area contributed by atoms with E-state index < -0.39 is 12.1 Å². The number of benzene rings is 3. The summed E-state index contributed by atoms with van der Waals surface area (Å²) in [7, 11) is 0. The first kappa shape index (κ1) is 22.5. The van der Waals surface area contributed by atoms with Gasteiger partial charge in [0.15, 0.2) is 0 Å². The average molecular weight is 419 g/mol. The van der Waals surface area contributed by atoms with E-state index in [2.05, 4.69) is 10.6 Å². The molecular formula is C25H30N4O2. The lowest BCUT2D eigenvalue weighted by Crippen LogP contribution is -2.50. The number of rotatable bonds is 10. The summed E-state index contributed by atoms with van der Waals surface area (Å²) in [5.41, 5.74) is 13.3. The fourth-order valence-electron chi connectivity index (χ4n) is 3.47. The van der Waals surface area contributed by atoms with Gasteiger partial charge in [-0.25, -0.2) is 0 Å². The van der Waals surface area contributed by atoms with Crippen LogP contribution in [0, 0.1) is 0 Å². The molecule has 0 aliphatic carbocycles. The Balaban J connectivity index is 1.71. The molecule has 162 valence electrons. The molecular weight excluding hydrogens is 388 g/mol. The highest BCUT2D eigenvalue weighted by Crippen LogP contribution is 2.19. The quantitative estimate of drug-likeness (QED) is 0.406. The van der Waals surface area contributed by atoms with Crippen molar-refractivity contribution in [3.05, 3.63) is 78.4 Å². The first-order valence-electron chi connectivity index (χ1n) is 10.7. The van der Waals surface area contributed by atoms with Gasteiger partial charge in [-0.15, -0.1) is 0 Å². The zero-order valence-electron chi connectivity index (χ0n) is 17.6. The highest BCUT2D eigenvalue weighted by Gasteiger charge is 2.23. The fourth-order valence-corrected chi connectivity index (χ4v) is 3.47. The molecule has 0 aliphatic heterocycles. The second kappa shape index (κ2) is 11.2. The smallest absolute Gasteiger partial charge is 0.246 e. The monoisotopic (exact) mass is 418 g/mol. The predicted molar refractivity (Wildman–Crippen MR) is 126 cm³/mol. The molecule has 0 saturated carbocycles. The number of hydrogen-bond acceptors (Lipinski definition) is 4. The Morgan fingerprint density at radius 1 is 0.839 bits per heavy atom. The number of nitrogens with one attached hydrogen (secondary N) is 2. The molecule has 0 bridgehead atoms. The maximum absolute atomic E-state index is 13.1. The highest BCUT2D eigenvalue weighted by molar-refractivity contribution is 5.99. The standard InChI is InChI=1S/C25H30N4O2/c26-16-6-11-22(27)24(30)29-23(15-12-18-7-2-1-3-8-18)25(31)28-21-14-13-19-9-4-5-10-20(19)17-21/h1-5,7-10,13-14,17,22-23H,6,11-12,15-16,26-27H2,(H,28,31)(H,29,30)/t22-,23+/m0/s1. The van der Waals surface area contributed by atoms with Crippen LogP contribution >= 0.6 is 0 Å². The van der Waals surface area contributed by atoms with E-state index >= 15 is 0 Å². The van der Waals surface area contributed by atoms with Crippen molar-refractivity contribution in [2.24, 2.45) is 11.5 Å². The molecule has 0 saturated heterocycles. The second-order valence-corrected chi connectivity index (χ2v) is 7.67. The minimum atomic E-state index is -0.692. The lowest BCUT2D eigenvalue weighted by molar-refractivity contribution is -0.127. The summed E-state index contributed by atoms with van der Waals surface area (Å²) in [6.45, 7) is 0.473.